The third-order valence-electron chi connectivity index (χ3n) is 7.86. The average molecular weight is 553 g/mol. The van der Waals surface area contributed by atoms with Crippen molar-refractivity contribution in [1.29, 1.82) is 0 Å². The maximum atomic E-state index is 14.9. The number of esters is 1. The van der Waals surface area contributed by atoms with Gasteiger partial charge in [0.2, 0.25) is 5.82 Å². The first-order chi connectivity index (χ1) is 19.4. The zero-order chi connectivity index (χ0) is 28.5. The first kappa shape index (κ1) is 29.7. The zero-order valence-electron chi connectivity index (χ0n) is 23.5. The highest BCUT2D eigenvalue weighted by atomic mass is 19.2. The van der Waals surface area contributed by atoms with E-state index in [1.807, 2.05) is 25.1 Å². The minimum absolute atomic E-state index is 0.0142. The molecule has 0 amide bonds. The van der Waals surface area contributed by atoms with Crippen molar-refractivity contribution in [3.8, 4) is 22.6 Å². The van der Waals surface area contributed by atoms with Crippen molar-refractivity contribution in [3.05, 3.63) is 83.2 Å². The molecule has 0 radical (unpaired) electrons. The molecule has 3 aromatic carbocycles. The van der Waals surface area contributed by atoms with Crippen LogP contribution in [0.25, 0.3) is 11.1 Å². The van der Waals surface area contributed by atoms with Gasteiger partial charge in [-0.2, -0.15) is 4.39 Å². The zero-order valence-corrected chi connectivity index (χ0v) is 23.5. The summed E-state index contributed by atoms with van der Waals surface area (Å²) in [5, 5.41) is 0. The van der Waals surface area contributed by atoms with Crippen LogP contribution in [-0.2, 0) is 4.79 Å². The molecular formula is C34H39F3O3. The topological polar surface area (TPSA) is 35.5 Å². The van der Waals surface area contributed by atoms with E-state index in [2.05, 4.69) is 6.92 Å². The molecule has 0 atom stereocenters. The van der Waals surface area contributed by atoms with Crippen LogP contribution in [-0.4, -0.2) is 12.6 Å². The van der Waals surface area contributed by atoms with Crippen LogP contribution in [0.4, 0.5) is 13.2 Å². The van der Waals surface area contributed by atoms with E-state index >= 15 is 0 Å². The number of halogens is 3. The molecule has 1 aliphatic rings. The Hall–Kier alpha value is -3.28. The number of rotatable bonds is 12. The van der Waals surface area contributed by atoms with E-state index < -0.39 is 29.3 Å². The molecule has 0 spiro atoms. The molecule has 214 valence electrons. The molecule has 1 aliphatic carbocycles. The van der Waals surface area contributed by atoms with Gasteiger partial charge in [-0.3, -0.25) is 4.79 Å². The monoisotopic (exact) mass is 552 g/mol. The van der Waals surface area contributed by atoms with Crippen molar-refractivity contribution in [1.82, 2.24) is 0 Å². The van der Waals surface area contributed by atoms with Gasteiger partial charge in [-0.15, -0.1) is 0 Å². The highest BCUT2D eigenvalue weighted by molar-refractivity contribution is 5.76. The van der Waals surface area contributed by atoms with Gasteiger partial charge in [-0.1, -0.05) is 74.9 Å². The van der Waals surface area contributed by atoms with E-state index in [0.29, 0.717) is 49.2 Å². The highest BCUT2D eigenvalue weighted by Crippen LogP contribution is 2.39. The molecule has 0 bridgehead atoms. The van der Waals surface area contributed by atoms with Gasteiger partial charge in [0, 0.05) is 11.6 Å². The van der Waals surface area contributed by atoms with Crippen molar-refractivity contribution in [2.75, 3.05) is 6.61 Å². The Morgan fingerprint density at radius 1 is 0.825 bits per heavy atom. The van der Waals surface area contributed by atoms with Gasteiger partial charge in [-0.05, 0) is 74.3 Å². The Bertz CT molecular complexity index is 1260. The van der Waals surface area contributed by atoms with Crippen molar-refractivity contribution in [3.63, 3.8) is 0 Å². The maximum Gasteiger partial charge on any atom is 0.314 e. The summed E-state index contributed by atoms with van der Waals surface area (Å²) in [5.74, 6) is -3.44. The summed E-state index contributed by atoms with van der Waals surface area (Å²) in [4.78, 5) is 12.8. The summed E-state index contributed by atoms with van der Waals surface area (Å²) < 4.78 is 55.5. The van der Waals surface area contributed by atoms with Gasteiger partial charge >= 0.3 is 5.97 Å². The van der Waals surface area contributed by atoms with Crippen LogP contribution in [0.5, 0.6) is 11.5 Å². The fourth-order valence-electron chi connectivity index (χ4n) is 5.40. The van der Waals surface area contributed by atoms with E-state index in [1.54, 1.807) is 18.2 Å². The average Bonchev–Trinajstić information content (AvgIpc) is 2.96. The number of aryl methyl sites for hydroxylation is 1. The van der Waals surface area contributed by atoms with E-state index in [1.165, 1.54) is 43.9 Å². The largest absolute Gasteiger partial charge is 0.493 e. The molecule has 4 rings (SSSR count). The SMILES string of the molecule is CCCCCCCCOc1ccc(C2CCC(C(=O)Oc3ccc(-c4ccc(C)cc4)c(F)c3F)CC2)c(F)c1. The number of hydrogen-bond acceptors (Lipinski definition) is 3. The Balaban J connectivity index is 1.27. The van der Waals surface area contributed by atoms with Crippen LogP contribution in [0.15, 0.2) is 54.6 Å². The normalized spacial score (nSPS) is 17.0. The van der Waals surface area contributed by atoms with E-state index in [4.69, 9.17) is 9.47 Å². The minimum atomic E-state index is -1.18. The molecule has 0 aliphatic heterocycles. The summed E-state index contributed by atoms with van der Waals surface area (Å²) in [6.45, 7) is 4.69. The highest BCUT2D eigenvalue weighted by Gasteiger charge is 2.30. The summed E-state index contributed by atoms with van der Waals surface area (Å²) in [6.07, 6.45) is 9.21. The molecule has 0 saturated heterocycles. The summed E-state index contributed by atoms with van der Waals surface area (Å²) in [5.41, 5.74) is 2.29. The second-order valence-electron chi connectivity index (χ2n) is 10.9. The maximum absolute atomic E-state index is 14.9. The molecule has 3 aromatic rings. The van der Waals surface area contributed by atoms with Gasteiger partial charge in [0.05, 0.1) is 12.5 Å². The predicted octanol–water partition coefficient (Wildman–Crippen LogP) is 9.70. The lowest BCUT2D eigenvalue weighted by atomic mass is 9.78. The minimum Gasteiger partial charge on any atom is -0.493 e. The quantitative estimate of drug-likeness (QED) is 0.127. The second-order valence-corrected chi connectivity index (χ2v) is 10.9. The molecular weight excluding hydrogens is 513 g/mol. The molecule has 0 unspecified atom stereocenters. The number of hydrogen-bond donors (Lipinski definition) is 0. The molecule has 6 heteroatoms. The second kappa shape index (κ2) is 14.4. The summed E-state index contributed by atoms with van der Waals surface area (Å²) in [6, 6.07) is 14.8. The van der Waals surface area contributed by atoms with Crippen molar-refractivity contribution < 1.29 is 27.4 Å². The first-order valence-corrected chi connectivity index (χ1v) is 14.6. The van der Waals surface area contributed by atoms with Crippen LogP contribution >= 0.6 is 0 Å². The number of carbonyl (C=O) groups is 1. The van der Waals surface area contributed by atoms with Crippen molar-refractivity contribution in [2.45, 2.75) is 84.0 Å². The van der Waals surface area contributed by atoms with E-state index in [9.17, 15) is 18.0 Å². The van der Waals surface area contributed by atoms with Gasteiger partial charge in [-0.25, -0.2) is 8.78 Å². The van der Waals surface area contributed by atoms with Crippen LogP contribution in [0.1, 0.15) is 88.2 Å². The first-order valence-electron chi connectivity index (χ1n) is 14.6. The Morgan fingerprint density at radius 2 is 1.52 bits per heavy atom. The number of benzene rings is 3. The Morgan fingerprint density at radius 3 is 2.23 bits per heavy atom. The Labute approximate surface area is 235 Å². The molecule has 0 heterocycles. The standard InChI is InChI=1S/C34H39F3O3/c1-3-4-5-6-7-8-21-39-27-17-18-28(30(35)22-27)24-13-15-26(16-14-24)34(38)40-31-20-19-29(32(36)33(31)37)25-11-9-23(2)10-12-25/h9-12,17-20,22,24,26H,3-8,13-16,21H2,1-2H3. The van der Waals surface area contributed by atoms with Crippen LogP contribution in [0.3, 0.4) is 0 Å². The van der Waals surface area contributed by atoms with E-state index in [-0.39, 0.29) is 17.3 Å². The van der Waals surface area contributed by atoms with Crippen molar-refractivity contribution in [2.24, 2.45) is 5.92 Å². The molecule has 1 saturated carbocycles. The van der Waals surface area contributed by atoms with Crippen LogP contribution in [0.2, 0.25) is 0 Å². The molecule has 0 N–H and O–H groups in total. The van der Waals surface area contributed by atoms with Gasteiger partial charge in [0.15, 0.2) is 11.6 Å². The summed E-state index contributed by atoms with van der Waals surface area (Å²) in [7, 11) is 0. The van der Waals surface area contributed by atoms with Crippen LogP contribution in [0, 0.1) is 30.3 Å². The fraction of sp³-hybridized carbons (Fsp3) is 0.441. The smallest absolute Gasteiger partial charge is 0.314 e. The van der Waals surface area contributed by atoms with Crippen LogP contribution < -0.4 is 9.47 Å². The van der Waals surface area contributed by atoms with Crippen molar-refractivity contribution >= 4 is 5.97 Å². The Kier molecular flexibility index (Phi) is 10.7. The third kappa shape index (κ3) is 7.67. The molecule has 40 heavy (non-hydrogen) atoms. The van der Waals surface area contributed by atoms with Gasteiger partial charge in [0.25, 0.3) is 0 Å². The lowest BCUT2D eigenvalue weighted by molar-refractivity contribution is -0.140. The fourth-order valence-corrected chi connectivity index (χ4v) is 5.40. The number of ether oxygens (including phenoxy) is 2. The molecule has 1 fully saturated rings. The summed E-state index contributed by atoms with van der Waals surface area (Å²) >= 11 is 0. The van der Waals surface area contributed by atoms with Gasteiger partial charge < -0.3 is 9.47 Å². The molecule has 3 nitrogen and oxygen atoms in total. The lowest BCUT2D eigenvalue weighted by Crippen LogP contribution is -2.25. The number of unbranched alkanes of at least 4 members (excludes halogenated alkanes) is 5. The van der Waals surface area contributed by atoms with E-state index in [0.717, 1.165) is 18.4 Å². The predicted molar refractivity (Wildman–Crippen MR) is 152 cm³/mol. The lowest BCUT2D eigenvalue weighted by Gasteiger charge is -2.28. The number of carbonyl (C=O) groups excluding carboxylic acids is 1. The van der Waals surface area contributed by atoms with Gasteiger partial charge in [0.1, 0.15) is 11.6 Å². The third-order valence-corrected chi connectivity index (χ3v) is 7.86. The molecule has 0 aromatic heterocycles.